The van der Waals surface area contributed by atoms with E-state index >= 15 is 0 Å². The van der Waals surface area contributed by atoms with Crippen LogP contribution in [-0.2, 0) is 11.8 Å². The van der Waals surface area contributed by atoms with Crippen molar-refractivity contribution in [2.75, 3.05) is 5.32 Å². The van der Waals surface area contributed by atoms with E-state index in [4.69, 9.17) is 5.73 Å². The summed E-state index contributed by atoms with van der Waals surface area (Å²) in [5.74, 6) is -1.04. The van der Waals surface area contributed by atoms with Gasteiger partial charge in [-0.25, -0.2) is 4.79 Å². The third kappa shape index (κ3) is 3.46. The Morgan fingerprint density at radius 2 is 2.05 bits per heavy atom. The van der Waals surface area contributed by atoms with Crippen molar-refractivity contribution in [3.63, 3.8) is 0 Å². The lowest BCUT2D eigenvalue weighted by Crippen LogP contribution is -2.32. The van der Waals surface area contributed by atoms with Crippen LogP contribution < -0.4 is 11.1 Å². The van der Waals surface area contributed by atoms with Gasteiger partial charge in [0.2, 0.25) is 0 Å². The van der Waals surface area contributed by atoms with E-state index in [9.17, 15) is 14.7 Å². The normalized spacial score (nSPS) is 12.5. The third-order valence-corrected chi connectivity index (χ3v) is 2.78. The minimum Gasteiger partial charge on any atom is -0.480 e. The monoisotopic (exact) mass is 268 g/mol. The minimum absolute atomic E-state index is 0.208. The van der Waals surface area contributed by atoms with Crippen LogP contribution >= 0.6 is 0 Å². The van der Waals surface area contributed by atoms with Crippen LogP contribution in [-0.4, -0.2) is 32.8 Å². The minimum atomic E-state index is -0.969. The first-order chi connectivity index (χ1) is 8.73. The summed E-state index contributed by atoms with van der Waals surface area (Å²) in [4.78, 5) is 22.6. The Labute approximate surface area is 111 Å². The molecule has 0 spiro atoms. The molecule has 0 fully saturated rings. The average Bonchev–Trinajstić information content (AvgIpc) is 2.51. The Kier molecular flexibility index (Phi) is 4.52. The van der Waals surface area contributed by atoms with E-state index in [-0.39, 0.29) is 11.5 Å². The Bertz CT molecular complexity index is 493. The van der Waals surface area contributed by atoms with E-state index < -0.39 is 17.9 Å². The number of carboxylic acids is 1. The maximum Gasteiger partial charge on any atom is 0.326 e. The number of hydrogen-bond acceptors (Lipinski definition) is 4. The van der Waals surface area contributed by atoms with Crippen LogP contribution in [0.3, 0.4) is 0 Å². The fraction of sp³-hybridized carbons (Fsp3) is 0.583. The second-order valence-corrected chi connectivity index (χ2v) is 4.96. The maximum atomic E-state index is 11.4. The molecule has 1 atom stereocenters. The largest absolute Gasteiger partial charge is 0.480 e. The molecular formula is C12H20N4O3. The van der Waals surface area contributed by atoms with Gasteiger partial charge >= 0.3 is 5.97 Å². The van der Waals surface area contributed by atoms with E-state index in [1.54, 1.807) is 14.0 Å². The van der Waals surface area contributed by atoms with Crippen molar-refractivity contribution in [3.05, 3.63) is 11.3 Å². The molecule has 0 aromatic carbocycles. The van der Waals surface area contributed by atoms with E-state index in [0.29, 0.717) is 17.9 Å². The van der Waals surface area contributed by atoms with Crippen molar-refractivity contribution in [1.29, 1.82) is 0 Å². The molecule has 4 N–H and O–H groups in total. The number of carbonyl (C=O) groups excluding carboxylic acids is 1. The van der Waals surface area contributed by atoms with Gasteiger partial charge in [0.25, 0.3) is 5.91 Å². The van der Waals surface area contributed by atoms with Gasteiger partial charge in [-0.3, -0.25) is 9.48 Å². The molecule has 1 heterocycles. The van der Waals surface area contributed by atoms with Crippen LogP contribution in [0, 0.1) is 12.8 Å². The van der Waals surface area contributed by atoms with Gasteiger partial charge < -0.3 is 16.2 Å². The van der Waals surface area contributed by atoms with Crippen molar-refractivity contribution >= 4 is 17.7 Å². The Morgan fingerprint density at radius 3 is 2.47 bits per heavy atom. The molecule has 0 aliphatic rings. The van der Waals surface area contributed by atoms with Crippen LogP contribution in [0.5, 0.6) is 0 Å². The van der Waals surface area contributed by atoms with Gasteiger partial charge in [0.15, 0.2) is 0 Å². The number of nitrogens with one attached hydrogen (secondary N) is 1. The number of rotatable bonds is 6. The van der Waals surface area contributed by atoms with Crippen molar-refractivity contribution in [3.8, 4) is 0 Å². The van der Waals surface area contributed by atoms with E-state index in [1.165, 1.54) is 4.68 Å². The number of aliphatic carboxylic acids is 1. The summed E-state index contributed by atoms with van der Waals surface area (Å²) < 4.78 is 1.44. The molecular weight excluding hydrogens is 248 g/mol. The molecule has 1 unspecified atom stereocenters. The van der Waals surface area contributed by atoms with Gasteiger partial charge in [-0.15, -0.1) is 0 Å². The van der Waals surface area contributed by atoms with Gasteiger partial charge in [-0.05, 0) is 19.3 Å². The standard InChI is InChI=1S/C12H20N4O3/c1-6(2)5-8(12(18)19)14-11-9(10(13)17)7(3)15-16(11)4/h6,8,14H,5H2,1-4H3,(H2,13,17)(H,18,19). The second kappa shape index (κ2) is 5.73. The first kappa shape index (κ1) is 15.0. The SMILES string of the molecule is Cc1nn(C)c(NC(CC(C)C)C(=O)O)c1C(N)=O. The van der Waals surface area contributed by atoms with Crippen molar-refractivity contribution < 1.29 is 14.7 Å². The van der Waals surface area contributed by atoms with Crippen molar-refractivity contribution in [1.82, 2.24) is 9.78 Å². The summed E-state index contributed by atoms with van der Waals surface area (Å²) in [6.45, 7) is 5.52. The number of carbonyl (C=O) groups is 2. The van der Waals surface area contributed by atoms with Crippen LogP contribution in [0.2, 0.25) is 0 Å². The zero-order valence-electron chi connectivity index (χ0n) is 11.6. The predicted molar refractivity (Wildman–Crippen MR) is 71.0 cm³/mol. The molecule has 19 heavy (non-hydrogen) atoms. The molecule has 1 aromatic rings. The Hall–Kier alpha value is -2.05. The molecule has 0 saturated heterocycles. The van der Waals surface area contributed by atoms with Crippen molar-refractivity contribution in [2.45, 2.75) is 33.2 Å². The number of amides is 1. The molecule has 106 valence electrons. The first-order valence-electron chi connectivity index (χ1n) is 6.06. The number of aryl methyl sites for hydroxylation is 2. The first-order valence-corrected chi connectivity index (χ1v) is 6.06. The van der Waals surface area contributed by atoms with Gasteiger partial charge in [0.1, 0.15) is 17.4 Å². The van der Waals surface area contributed by atoms with E-state index in [1.807, 2.05) is 13.8 Å². The summed E-state index contributed by atoms with van der Waals surface area (Å²) in [7, 11) is 1.63. The zero-order chi connectivity index (χ0) is 14.7. The van der Waals surface area contributed by atoms with Crippen molar-refractivity contribution in [2.24, 2.45) is 18.7 Å². The molecule has 1 amide bonds. The summed E-state index contributed by atoms with van der Waals surface area (Å²) in [5.41, 5.74) is 6.01. The summed E-state index contributed by atoms with van der Waals surface area (Å²) in [5, 5.41) is 16.1. The highest BCUT2D eigenvalue weighted by atomic mass is 16.4. The number of primary amides is 1. The fourth-order valence-corrected chi connectivity index (χ4v) is 1.98. The van der Waals surface area contributed by atoms with Gasteiger partial charge in [-0.1, -0.05) is 13.8 Å². The van der Waals surface area contributed by atoms with Crippen LogP contribution in [0.25, 0.3) is 0 Å². The number of carboxylic acid groups (broad SMARTS) is 1. The third-order valence-electron chi connectivity index (χ3n) is 2.78. The van der Waals surface area contributed by atoms with E-state index in [0.717, 1.165) is 0 Å². The number of nitrogens with two attached hydrogens (primary N) is 1. The molecule has 1 aromatic heterocycles. The molecule has 1 rings (SSSR count). The zero-order valence-corrected chi connectivity index (χ0v) is 11.6. The van der Waals surface area contributed by atoms with Crippen LogP contribution in [0.1, 0.15) is 36.3 Å². The average molecular weight is 268 g/mol. The number of anilines is 1. The number of aromatic nitrogens is 2. The lowest BCUT2D eigenvalue weighted by Gasteiger charge is -2.18. The molecule has 0 saturated carbocycles. The van der Waals surface area contributed by atoms with Crippen LogP contribution in [0.4, 0.5) is 5.82 Å². The lowest BCUT2D eigenvalue weighted by atomic mass is 10.0. The molecule has 0 aliphatic heterocycles. The highest BCUT2D eigenvalue weighted by Gasteiger charge is 2.24. The van der Waals surface area contributed by atoms with E-state index in [2.05, 4.69) is 10.4 Å². The molecule has 7 heteroatoms. The molecule has 0 bridgehead atoms. The smallest absolute Gasteiger partial charge is 0.326 e. The second-order valence-electron chi connectivity index (χ2n) is 4.96. The lowest BCUT2D eigenvalue weighted by molar-refractivity contribution is -0.138. The Balaban J connectivity index is 3.09. The Morgan fingerprint density at radius 1 is 1.47 bits per heavy atom. The predicted octanol–water partition coefficient (Wildman–Crippen LogP) is 0.739. The highest BCUT2D eigenvalue weighted by Crippen LogP contribution is 2.20. The summed E-state index contributed by atoms with van der Waals surface area (Å²) >= 11 is 0. The quantitative estimate of drug-likeness (QED) is 0.704. The topological polar surface area (TPSA) is 110 Å². The maximum absolute atomic E-state index is 11.4. The van der Waals surface area contributed by atoms with Crippen LogP contribution in [0.15, 0.2) is 0 Å². The highest BCUT2D eigenvalue weighted by molar-refractivity contribution is 5.99. The molecule has 0 radical (unpaired) electrons. The molecule has 7 nitrogen and oxygen atoms in total. The number of nitrogens with zero attached hydrogens (tertiary/aromatic N) is 2. The molecule has 0 aliphatic carbocycles. The fourth-order valence-electron chi connectivity index (χ4n) is 1.98. The van der Waals surface area contributed by atoms with Gasteiger partial charge in [0, 0.05) is 7.05 Å². The number of hydrogen-bond donors (Lipinski definition) is 3. The van der Waals surface area contributed by atoms with Gasteiger partial charge in [-0.2, -0.15) is 5.10 Å². The summed E-state index contributed by atoms with van der Waals surface area (Å²) in [6, 6.07) is -0.784. The van der Waals surface area contributed by atoms with Gasteiger partial charge in [0.05, 0.1) is 5.69 Å². The summed E-state index contributed by atoms with van der Waals surface area (Å²) in [6.07, 6.45) is 0.442.